The van der Waals surface area contributed by atoms with Crippen molar-refractivity contribution in [2.24, 2.45) is 0 Å². The van der Waals surface area contributed by atoms with Crippen molar-refractivity contribution < 1.29 is 0 Å². The van der Waals surface area contributed by atoms with Crippen molar-refractivity contribution in [1.82, 2.24) is 24.1 Å². The van der Waals surface area contributed by atoms with Gasteiger partial charge in [0.05, 0.1) is 16.6 Å². The van der Waals surface area contributed by atoms with Crippen molar-refractivity contribution >= 4 is 65.0 Å². The van der Waals surface area contributed by atoms with Crippen molar-refractivity contribution in [3.8, 4) is 45.5 Å². The van der Waals surface area contributed by atoms with E-state index in [1.54, 1.807) is 0 Å². The second kappa shape index (κ2) is 14.7. The lowest BCUT2D eigenvalue weighted by Gasteiger charge is -2.13. The Morgan fingerprint density at radius 1 is 0.306 bits per heavy atom. The van der Waals surface area contributed by atoms with Crippen LogP contribution in [-0.4, -0.2) is 24.1 Å². The number of nitrogens with zero attached hydrogens (tertiary/aromatic N) is 5. The first-order valence-corrected chi connectivity index (χ1v) is 20.9. The lowest BCUT2D eigenvalue weighted by Crippen LogP contribution is -2.00. The van der Waals surface area contributed by atoms with E-state index in [2.05, 4.69) is 173 Å². The number of hydrogen-bond acceptors (Lipinski definition) is 3. The van der Waals surface area contributed by atoms with Gasteiger partial charge in [0.1, 0.15) is 0 Å². The molecule has 9 aromatic carbocycles. The zero-order valence-electron chi connectivity index (χ0n) is 33.6. The van der Waals surface area contributed by atoms with E-state index in [1.807, 2.05) is 60.7 Å². The van der Waals surface area contributed by atoms with Crippen LogP contribution in [-0.2, 0) is 0 Å². The zero-order valence-corrected chi connectivity index (χ0v) is 33.6. The minimum atomic E-state index is 0.627. The number of hydrogen-bond donors (Lipinski definition) is 0. The van der Waals surface area contributed by atoms with E-state index < -0.39 is 0 Å². The van der Waals surface area contributed by atoms with Crippen LogP contribution < -0.4 is 0 Å². The number of benzene rings is 9. The van der Waals surface area contributed by atoms with Crippen LogP contribution in [0.3, 0.4) is 0 Å². The smallest absolute Gasteiger partial charge is 0.164 e. The van der Waals surface area contributed by atoms with Gasteiger partial charge in [-0.25, -0.2) is 15.0 Å². The maximum absolute atomic E-state index is 5.03. The molecule has 0 aliphatic rings. The van der Waals surface area contributed by atoms with Crippen LogP contribution in [0.4, 0.5) is 0 Å². The first-order chi connectivity index (χ1) is 30.8. The van der Waals surface area contributed by atoms with Crippen molar-refractivity contribution in [2.45, 2.75) is 0 Å². The van der Waals surface area contributed by atoms with Crippen molar-refractivity contribution in [3.05, 3.63) is 225 Å². The van der Waals surface area contributed by atoms with Crippen LogP contribution in [0.25, 0.3) is 111 Å². The van der Waals surface area contributed by atoms with E-state index in [0.717, 1.165) is 49.9 Å². The number of fused-ring (bicyclic) bond motifs is 11. The molecule has 62 heavy (non-hydrogen) atoms. The van der Waals surface area contributed by atoms with Crippen LogP contribution in [0.15, 0.2) is 225 Å². The van der Waals surface area contributed by atoms with Crippen molar-refractivity contribution in [1.29, 1.82) is 0 Å². The molecule has 0 saturated heterocycles. The normalized spacial score (nSPS) is 11.5. The second-order valence-corrected chi connectivity index (χ2v) is 15.6. The Balaban J connectivity index is 1.16. The van der Waals surface area contributed by atoms with Crippen LogP contribution in [0, 0.1) is 0 Å². The molecule has 0 aliphatic carbocycles. The zero-order chi connectivity index (χ0) is 41.0. The number of rotatable bonds is 5. The van der Waals surface area contributed by atoms with Gasteiger partial charge in [-0.15, -0.1) is 0 Å². The van der Waals surface area contributed by atoms with Gasteiger partial charge in [0, 0.05) is 50.4 Å². The first kappa shape index (κ1) is 35.5. The summed E-state index contributed by atoms with van der Waals surface area (Å²) in [6.07, 6.45) is 2.30. The Kier molecular flexibility index (Phi) is 8.42. The van der Waals surface area contributed by atoms with Crippen molar-refractivity contribution in [3.63, 3.8) is 0 Å². The summed E-state index contributed by atoms with van der Waals surface area (Å²) in [6.45, 7) is 0. The molecule has 0 bridgehead atoms. The maximum Gasteiger partial charge on any atom is 0.164 e. The highest BCUT2D eigenvalue weighted by atomic mass is 15.0. The molecule has 0 saturated carbocycles. The summed E-state index contributed by atoms with van der Waals surface area (Å²) in [5.74, 6) is 1.91. The summed E-state index contributed by atoms with van der Waals surface area (Å²) in [5, 5.41) is 10.7. The molecule has 0 unspecified atom stereocenters. The highest BCUT2D eigenvalue weighted by Crippen LogP contribution is 2.44. The van der Waals surface area contributed by atoms with Crippen molar-refractivity contribution in [2.75, 3.05) is 0 Å². The maximum atomic E-state index is 5.03. The second-order valence-electron chi connectivity index (χ2n) is 15.6. The molecule has 290 valence electrons. The molecule has 0 amide bonds. The molecule has 5 heteroatoms. The fourth-order valence-corrected chi connectivity index (χ4v) is 9.18. The Morgan fingerprint density at radius 2 is 0.790 bits per heavy atom. The predicted molar refractivity (Wildman–Crippen MR) is 257 cm³/mol. The van der Waals surface area contributed by atoms with E-state index in [0.29, 0.717) is 17.5 Å². The van der Waals surface area contributed by atoms with E-state index in [-0.39, 0.29) is 0 Å². The summed E-state index contributed by atoms with van der Waals surface area (Å²) in [5.41, 5.74) is 8.39. The topological polar surface area (TPSA) is 48.5 Å². The molecule has 3 aromatic heterocycles. The molecule has 3 heterocycles. The molecule has 0 N–H and O–H groups in total. The standard InChI is InChI=1S/C57H37N5/c1-4-18-38(19-5-1)55-58-56(39-20-6-2-7-21-39)60-57(59-55)40-32-34-44(35-33-40)62-51-31-17-15-29-48(51)53-49-36-41-22-11-16-30-50(41)61(43-24-8-3-9-25-43)37-42-23-10-12-26-45(42)52(49)46-27-13-14-28-47(46)54(53)62/h1-37H. The minimum absolute atomic E-state index is 0.627. The minimum Gasteiger partial charge on any atom is -0.316 e. The van der Waals surface area contributed by atoms with Crippen LogP contribution in [0.5, 0.6) is 0 Å². The monoisotopic (exact) mass is 791 g/mol. The van der Waals surface area contributed by atoms with Crippen LogP contribution in [0.1, 0.15) is 0 Å². The molecule has 0 aliphatic heterocycles. The molecule has 5 nitrogen and oxygen atoms in total. The highest BCUT2D eigenvalue weighted by Gasteiger charge is 2.20. The lowest BCUT2D eigenvalue weighted by molar-refractivity contribution is 1.07. The van der Waals surface area contributed by atoms with Gasteiger partial charge in [0.25, 0.3) is 0 Å². The van der Waals surface area contributed by atoms with E-state index in [9.17, 15) is 0 Å². The number of para-hydroxylation sites is 3. The van der Waals surface area contributed by atoms with Gasteiger partial charge in [-0.1, -0.05) is 164 Å². The summed E-state index contributed by atoms with van der Waals surface area (Å²) < 4.78 is 4.77. The summed E-state index contributed by atoms with van der Waals surface area (Å²) in [7, 11) is 0. The average molecular weight is 792 g/mol. The molecular formula is C57H37N5. The molecule has 12 rings (SSSR count). The van der Waals surface area contributed by atoms with Crippen LogP contribution in [0.2, 0.25) is 0 Å². The Bertz CT molecular complexity index is 3660. The third-order valence-corrected chi connectivity index (χ3v) is 12.0. The van der Waals surface area contributed by atoms with Gasteiger partial charge in [0.2, 0.25) is 0 Å². The van der Waals surface area contributed by atoms with Gasteiger partial charge in [-0.2, -0.15) is 0 Å². The van der Waals surface area contributed by atoms with E-state index in [1.165, 1.54) is 43.2 Å². The lowest BCUT2D eigenvalue weighted by atomic mass is 9.94. The third kappa shape index (κ3) is 5.90. The Morgan fingerprint density at radius 3 is 1.44 bits per heavy atom. The largest absolute Gasteiger partial charge is 0.316 e. The first-order valence-electron chi connectivity index (χ1n) is 20.9. The van der Waals surface area contributed by atoms with Crippen LogP contribution >= 0.6 is 0 Å². The SMILES string of the molecule is c1ccc(-c2nc(-c3ccccc3)nc(-c3ccc(-n4c5ccccc5c5c6cc7ccccc7n(-c7ccccc7)cc7ccccc7c6c6ccccc6c54)cc3)n2)cc1. The fraction of sp³-hybridized carbons (Fsp3) is 0. The van der Waals surface area contributed by atoms with Gasteiger partial charge < -0.3 is 9.13 Å². The Hall–Kier alpha value is -8.41. The third-order valence-electron chi connectivity index (χ3n) is 12.0. The quantitative estimate of drug-likeness (QED) is 0.174. The number of aromatic nitrogens is 5. The molecule has 12 aromatic rings. The predicted octanol–water partition coefficient (Wildman–Crippen LogP) is 14.5. The summed E-state index contributed by atoms with van der Waals surface area (Å²) >= 11 is 0. The summed E-state index contributed by atoms with van der Waals surface area (Å²) in [6, 6.07) is 77.3. The summed E-state index contributed by atoms with van der Waals surface area (Å²) in [4.78, 5) is 15.0. The molecule has 0 spiro atoms. The van der Waals surface area contributed by atoms with Gasteiger partial charge in [-0.05, 0) is 86.9 Å². The highest BCUT2D eigenvalue weighted by molar-refractivity contribution is 6.36. The van der Waals surface area contributed by atoms with Gasteiger partial charge >= 0.3 is 0 Å². The van der Waals surface area contributed by atoms with E-state index >= 15 is 0 Å². The molecule has 0 radical (unpaired) electrons. The molecular weight excluding hydrogens is 755 g/mol. The van der Waals surface area contributed by atoms with Gasteiger partial charge in [-0.3, -0.25) is 0 Å². The Labute approximate surface area is 357 Å². The fourth-order valence-electron chi connectivity index (χ4n) is 9.18. The van der Waals surface area contributed by atoms with Gasteiger partial charge in [0.15, 0.2) is 17.5 Å². The average Bonchev–Trinajstić information content (AvgIpc) is 3.72. The molecule has 0 fully saturated rings. The van der Waals surface area contributed by atoms with E-state index in [4.69, 9.17) is 15.0 Å². The molecule has 0 atom stereocenters.